The molecule has 5 aromatic rings. The van der Waals surface area contributed by atoms with Gasteiger partial charge in [0.05, 0.1) is 68.2 Å². The number of likely N-dealkylation sites (N-methyl/N-ethyl adjacent to an activating group) is 2. The van der Waals surface area contributed by atoms with Gasteiger partial charge in [-0.2, -0.15) is 8.42 Å². The van der Waals surface area contributed by atoms with Gasteiger partial charge < -0.3 is 61.0 Å². The van der Waals surface area contributed by atoms with E-state index in [0.29, 0.717) is 95.0 Å². The molecule has 0 saturated heterocycles. The van der Waals surface area contributed by atoms with Gasteiger partial charge in [-0.3, -0.25) is 14.3 Å². The molecule has 0 aliphatic heterocycles. The zero-order chi connectivity index (χ0) is 61.1. The van der Waals surface area contributed by atoms with Crippen molar-refractivity contribution in [2.75, 3.05) is 101 Å². The third-order valence-electron chi connectivity index (χ3n) is 12.9. The fourth-order valence-electron chi connectivity index (χ4n) is 8.62. The van der Waals surface area contributed by atoms with Gasteiger partial charge in [-0.25, -0.2) is 19.0 Å². The number of aromatic nitrogens is 3. The lowest BCUT2D eigenvalue weighted by molar-refractivity contribution is -0.893. The summed E-state index contributed by atoms with van der Waals surface area (Å²) in [5, 5.41) is 49.0. The molecule has 2 atom stereocenters. The Morgan fingerprint density at radius 1 is 1.01 bits per heavy atom. The first-order valence-electron chi connectivity index (χ1n) is 27.1. The zero-order valence-corrected chi connectivity index (χ0v) is 50.5. The van der Waals surface area contributed by atoms with Gasteiger partial charge in [-0.05, 0) is 138 Å². The van der Waals surface area contributed by atoms with Crippen molar-refractivity contribution in [1.29, 1.82) is 0 Å². The maximum absolute atomic E-state index is 15.3. The second kappa shape index (κ2) is 34.5. The molecule has 9 N–H and O–H groups in total. The number of terminal acetylenes is 1. The number of aliphatic carboxylic acids is 1. The number of quaternary nitrogens is 1. The van der Waals surface area contributed by atoms with Crippen LogP contribution in [-0.2, 0) is 37.6 Å². The molecule has 452 valence electrons. The molecule has 0 bridgehead atoms. The second-order valence-corrected chi connectivity index (χ2v) is 23.7. The van der Waals surface area contributed by atoms with Gasteiger partial charge >= 0.3 is 12.1 Å². The first-order valence-corrected chi connectivity index (χ1v) is 30.6. The summed E-state index contributed by atoms with van der Waals surface area (Å²) in [5.41, 5.74) is 3.74. The van der Waals surface area contributed by atoms with E-state index in [-0.39, 0.29) is 74.0 Å². The van der Waals surface area contributed by atoms with E-state index < -0.39 is 34.1 Å². The smallest absolute Gasteiger partial charge is 0.408 e. The SMILES string of the molecule is C#CCNCc1cc(NC(=O)C(CCCNC)NC)ccc1COC(=O)NCC#Cc1ccc(OCCC/C(SCN(CCCC(O)C[N+](C)(C)CCCS(=O)(=O)O)c2cc(C)c(Nc3nc4ccccc4s3)nn2)=C(/N=C)C(=O)O)c(F)c1. The minimum absolute atomic E-state index is 0.0142. The Morgan fingerprint density at radius 2 is 1.81 bits per heavy atom. The van der Waals surface area contributed by atoms with E-state index in [1.54, 1.807) is 31.3 Å². The maximum atomic E-state index is 15.3. The molecule has 0 fully saturated rings. The average molecular weight is 1220 g/mol. The number of carbonyl (C=O) groups is 3. The van der Waals surface area contributed by atoms with Gasteiger partial charge in [0.25, 0.3) is 10.1 Å². The molecule has 0 aliphatic carbocycles. The monoisotopic (exact) mass is 1220 g/mol. The number of ether oxygens (including phenoxy) is 2. The number of anilines is 4. The number of carbonyl (C=O) groups excluding carboxylic acids is 2. The average Bonchev–Trinajstić information content (AvgIpc) is 4.05. The highest BCUT2D eigenvalue weighted by atomic mass is 32.2. The number of aliphatic imine (C=N–C) groups is 1. The number of thioether (sulfide) groups is 1. The van der Waals surface area contributed by atoms with Crippen LogP contribution in [-0.4, -0.2) is 165 Å². The van der Waals surface area contributed by atoms with E-state index in [0.717, 1.165) is 34.3 Å². The second-order valence-electron chi connectivity index (χ2n) is 20.1. The zero-order valence-electron chi connectivity index (χ0n) is 48.0. The highest BCUT2D eigenvalue weighted by Crippen LogP contribution is 2.32. The maximum Gasteiger partial charge on any atom is 0.408 e. The Morgan fingerprint density at radius 3 is 2.51 bits per heavy atom. The van der Waals surface area contributed by atoms with Crippen molar-refractivity contribution >= 4 is 90.6 Å². The summed E-state index contributed by atoms with van der Waals surface area (Å²) < 4.78 is 59.7. The van der Waals surface area contributed by atoms with Crippen molar-refractivity contribution in [2.24, 2.45) is 4.99 Å². The quantitative estimate of drug-likeness (QED) is 0.00386. The molecule has 0 spiro atoms. The molecule has 2 heterocycles. The summed E-state index contributed by atoms with van der Waals surface area (Å²) in [4.78, 5) is 48.9. The Labute approximate surface area is 499 Å². The van der Waals surface area contributed by atoms with Crippen molar-refractivity contribution < 1.29 is 55.9 Å². The third kappa shape index (κ3) is 23.4. The lowest BCUT2D eigenvalue weighted by Gasteiger charge is -2.32. The van der Waals surface area contributed by atoms with Crippen LogP contribution in [0.3, 0.4) is 0 Å². The van der Waals surface area contributed by atoms with E-state index >= 15 is 4.39 Å². The van der Waals surface area contributed by atoms with Gasteiger partial charge in [-0.1, -0.05) is 47.3 Å². The van der Waals surface area contributed by atoms with Crippen LogP contribution in [0.5, 0.6) is 5.75 Å². The number of carboxylic acids is 1. The van der Waals surface area contributed by atoms with Crippen LogP contribution in [0, 0.1) is 36.9 Å². The summed E-state index contributed by atoms with van der Waals surface area (Å²) in [6, 6.07) is 18.7. The first-order chi connectivity index (χ1) is 40.2. The van der Waals surface area contributed by atoms with E-state index in [9.17, 15) is 37.6 Å². The number of amides is 2. The summed E-state index contributed by atoms with van der Waals surface area (Å²) in [6.07, 6.45) is 6.99. The Bertz CT molecular complexity index is 3240. The predicted octanol–water partition coefficient (Wildman–Crippen LogP) is 6.65. The summed E-state index contributed by atoms with van der Waals surface area (Å²) in [7, 11) is 3.25. The molecule has 0 aliphatic rings. The molecule has 22 nitrogen and oxygen atoms in total. The van der Waals surface area contributed by atoms with Gasteiger partial charge in [0.15, 0.2) is 34.0 Å². The number of hydrogen-bond donors (Lipinski definition) is 9. The topological polar surface area (TPSA) is 291 Å². The highest BCUT2D eigenvalue weighted by Gasteiger charge is 2.24. The number of thiazole rings is 1. The van der Waals surface area contributed by atoms with E-state index in [1.165, 1.54) is 35.2 Å². The normalized spacial score (nSPS) is 12.5. The lowest BCUT2D eigenvalue weighted by Crippen LogP contribution is -2.46. The number of benzene rings is 3. The number of rotatable bonds is 36. The van der Waals surface area contributed by atoms with Crippen molar-refractivity contribution in [3.63, 3.8) is 0 Å². The molecule has 84 heavy (non-hydrogen) atoms. The van der Waals surface area contributed by atoms with E-state index in [2.05, 4.69) is 76.6 Å². The molecule has 3 aromatic carbocycles. The van der Waals surface area contributed by atoms with Crippen molar-refractivity contribution in [1.82, 2.24) is 36.4 Å². The number of fused-ring (bicyclic) bond motifs is 1. The molecule has 2 unspecified atom stereocenters. The number of aryl methyl sites for hydroxylation is 1. The molecule has 26 heteroatoms. The fourth-order valence-corrected chi connectivity index (χ4v) is 11.1. The summed E-state index contributed by atoms with van der Waals surface area (Å²) in [5.74, 6) is 6.78. The van der Waals surface area contributed by atoms with Crippen LogP contribution in [0.1, 0.15) is 67.2 Å². The van der Waals surface area contributed by atoms with Gasteiger partial charge in [0.1, 0.15) is 19.3 Å². The number of hydrogen-bond acceptors (Lipinski definition) is 19. The Balaban J connectivity index is 1.16. The molecular formula is C58H76FN12O10S3+. The molecule has 2 aromatic heterocycles. The minimum atomic E-state index is -4.10. The van der Waals surface area contributed by atoms with Crippen molar-refractivity contribution in [3.05, 3.63) is 105 Å². The number of nitrogens with one attached hydrogen (secondary N) is 6. The van der Waals surface area contributed by atoms with Crippen molar-refractivity contribution in [3.8, 4) is 29.9 Å². The number of nitrogens with zero attached hydrogens (tertiary/aromatic N) is 6. The van der Waals surface area contributed by atoms with Crippen LogP contribution in [0.4, 0.5) is 31.6 Å². The molecule has 5 rings (SSSR count). The van der Waals surface area contributed by atoms with Crippen molar-refractivity contribution in [2.45, 2.75) is 77.2 Å². The lowest BCUT2D eigenvalue weighted by atomic mass is 10.1. The molecule has 0 radical (unpaired) electrons. The van der Waals surface area contributed by atoms with Crippen LogP contribution in [0.15, 0.2) is 82.3 Å². The third-order valence-corrected chi connectivity index (χ3v) is 15.9. The van der Waals surface area contributed by atoms with Gasteiger partial charge in [0.2, 0.25) is 5.91 Å². The Hall–Kier alpha value is -7.24. The van der Waals surface area contributed by atoms with Gasteiger partial charge in [-0.15, -0.1) is 28.4 Å². The molecule has 0 saturated carbocycles. The number of carboxylic acid groups (broad SMARTS) is 1. The van der Waals surface area contributed by atoms with E-state index in [4.69, 9.17) is 15.9 Å². The largest absolute Gasteiger partial charge is 0.491 e. The molecular weight excluding hydrogens is 1140 g/mol. The number of alkyl carbamates (subject to hydrolysis) is 1. The summed E-state index contributed by atoms with van der Waals surface area (Å²) in [6.45, 7) is 7.84. The predicted molar refractivity (Wildman–Crippen MR) is 330 cm³/mol. The number of aliphatic hydroxyl groups excluding tert-OH is 1. The van der Waals surface area contributed by atoms with Gasteiger partial charge in [0, 0.05) is 35.7 Å². The summed E-state index contributed by atoms with van der Waals surface area (Å²) >= 11 is 2.69. The number of para-hydroxylation sites is 1. The highest BCUT2D eigenvalue weighted by molar-refractivity contribution is 8.03. The number of halogens is 1. The minimum Gasteiger partial charge on any atom is -0.491 e. The number of allylic oxidation sites excluding steroid dienone is 1. The standard InChI is InChI=1S/C58H75FN12O10S3/c1-8-26-63-36-43-35-44(65-55(73)48(61-4)19-12-27-60-3)24-23-42(43)38-81-58(76)64-28-11-16-41-22-25-49(46(59)34-41)80-31-14-21-51(53(62-5)56(74)75)82-39-70(29-13-17-45(72)37-71(6,7)30-15-32-84(77,78)79)52-33-40(2)54(69-68-52)67-57-66-47-18-9-10-20-50(47)83-57/h1,9-10,18,20,22-25,33-35,45,48,60-61,63,72H,5,12-15,17,19,21,26-32,36-39H2,2-4,6-7H3,(H4-,64,65,66,67,69,73,74,75,76,77,78,79)/p+1/b53-51-. The van der Waals surface area contributed by atoms with Crippen LogP contribution in [0.25, 0.3) is 10.2 Å². The van der Waals surface area contributed by atoms with E-state index in [1.807, 2.05) is 63.3 Å². The first kappa shape index (κ1) is 67.5. The van der Waals surface area contributed by atoms with Crippen LogP contribution < -0.4 is 41.5 Å². The number of aliphatic hydroxyl groups is 1. The van der Waals surface area contributed by atoms with Crippen LogP contribution >= 0.6 is 23.1 Å². The van der Waals surface area contributed by atoms with Crippen LogP contribution in [0.2, 0.25) is 0 Å². The molecule has 2 amide bonds. The Kier molecular flexibility index (Phi) is 27.8. The fraction of sp³-hybridized carbons (Fsp3) is 0.431.